The van der Waals surface area contributed by atoms with Gasteiger partial charge in [0.15, 0.2) is 0 Å². The molecule has 2 aromatic rings. The lowest BCUT2D eigenvalue weighted by Gasteiger charge is -2.05. The summed E-state index contributed by atoms with van der Waals surface area (Å²) in [6, 6.07) is 6.62. The second-order valence-electron chi connectivity index (χ2n) is 5.18. The highest BCUT2D eigenvalue weighted by Gasteiger charge is 2.07. The van der Waals surface area contributed by atoms with Gasteiger partial charge in [0.2, 0.25) is 5.91 Å². The van der Waals surface area contributed by atoms with Gasteiger partial charge in [-0.3, -0.25) is 4.79 Å². The minimum absolute atomic E-state index is 0.251. The number of nitrogens with one attached hydrogen (secondary N) is 1. The number of nitrogens with zero attached hydrogens (tertiary/aromatic N) is 1. The molecule has 0 fully saturated rings. The number of hydrogen-bond donors (Lipinski definition) is 1. The van der Waals surface area contributed by atoms with Crippen molar-refractivity contribution in [1.82, 2.24) is 4.98 Å². The zero-order valence-corrected chi connectivity index (χ0v) is 14.6. The van der Waals surface area contributed by atoms with Crippen LogP contribution in [0, 0.1) is 6.92 Å². The Hall–Kier alpha value is -2.47. The molecule has 1 heterocycles. The fraction of sp³-hybridized carbons (Fsp3) is 0.278. The van der Waals surface area contributed by atoms with E-state index < -0.39 is 0 Å². The number of aromatic nitrogens is 1. The summed E-state index contributed by atoms with van der Waals surface area (Å²) < 4.78 is 5.14. The van der Waals surface area contributed by atoms with Crippen molar-refractivity contribution in [2.75, 3.05) is 11.9 Å². The average molecular weight is 344 g/mol. The second kappa shape index (κ2) is 8.98. The number of benzene rings is 1. The number of anilines is 1. The van der Waals surface area contributed by atoms with Crippen LogP contribution in [0.15, 0.2) is 35.7 Å². The van der Waals surface area contributed by atoms with E-state index in [-0.39, 0.29) is 11.9 Å². The van der Waals surface area contributed by atoms with Crippen LogP contribution in [0.1, 0.15) is 40.8 Å². The lowest BCUT2D eigenvalue weighted by molar-refractivity contribution is -0.111. The van der Waals surface area contributed by atoms with Crippen molar-refractivity contribution >= 4 is 35.0 Å². The van der Waals surface area contributed by atoms with Crippen LogP contribution in [0.4, 0.5) is 5.69 Å². The van der Waals surface area contributed by atoms with E-state index in [4.69, 9.17) is 4.74 Å². The largest absolute Gasteiger partial charge is 0.462 e. The highest BCUT2D eigenvalue weighted by molar-refractivity contribution is 7.09. The molecule has 0 aliphatic carbocycles. The van der Waals surface area contributed by atoms with Gasteiger partial charge in [0.05, 0.1) is 22.9 Å². The molecule has 0 radical (unpaired) electrons. The summed E-state index contributed by atoms with van der Waals surface area (Å²) >= 11 is 1.53. The Balaban J connectivity index is 1.87. The number of ether oxygens (including phenoxy) is 1. The number of esters is 1. The first-order chi connectivity index (χ1) is 11.6. The van der Waals surface area contributed by atoms with Crippen molar-refractivity contribution < 1.29 is 14.3 Å². The summed E-state index contributed by atoms with van der Waals surface area (Å²) in [5.41, 5.74) is 1.85. The number of hydrogen-bond acceptors (Lipinski definition) is 5. The van der Waals surface area contributed by atoms with Crippen LogP contribution in [-0.4, -0.2) is 23.5 Å². The zero-order chi connectivity index (χ0) is 17.4. The monoisotopic (exact) mass is 344 g/mol. The predicted molar refractivity (Wildman–Crippen MR) is 96.1 cm³/mol. The summed E-state index contributed by atoms with van der Waals surface area (Å²) in [5.74, 6) is -0.598. The van der Waals surface area contributed by atoms with Gasteiger partial charge in [-0.25, -0.2) is 9.78 Å². The Morgan fingerprint density at radius 1 is 1.29 bits per heavy atom. The van der Waals surface area contributed by atoms with Gasteiger partial charge in [-0.15, -0.1) is 11.3 Å². The topological polar surface area (TPSA) is 68.3 Å². The van der Waals surface area contributed by atoms with Crippen LogP contribution in [-0.2, 0) is 9.53 Å². The maximum atomic E-state index is 11.9. The van der Waals surface area contributed by atoms with Gasteiger partial charge in [-0.05, 0) is 43.7 Å². The van der Waals surface area contributed by atoms with Crippen molar-refractivity contribution in [3.8, 4) is 0 Å². The number of rotatable bonds is 7. The van der Waals surface area contributed by atoms with Crippen LogP contribution < -0.4 is 5.32 Å². The molecule has 5 nitrogen and oxygen atoms in total. The molecule has 6 heteroatoms. The van der Waals surface area contributed by atoms with Crippen LogP contribution in [0.25, 0.3) is 6.08 Å². The standard InChI is InChI=1S/C18H20N2O3S/c1-3-4-11-23-18(22)14-5-7-15(8-6-14)20-17(21)10-9-16-12-24-13(2)19-16/h5-10,12H,3-4,11H2,1-2H3,(H,20,21)/b10-9+. The summed E-state index contributed by atoms with van der Waals surface area (Å²) in [6.07, 6.45) is 4.93. The van der Waals surface area contributed by atoms with Gasteiger partial charge in [-0.1, -0.05) is 13.3 Å². The number of carbonyl (C=O) groups is 2. The summed E-state index contributed by atoms with van der Waals surface area (Å²) in [7, 11) is 0. The van der Waals surface area contributed by atoms with Crippen LogP contribution >= 0.6 is 11.3 Å². The SMILES string of the molecule is CCCCOC(=O)c1ccc(NC(=O)/C=C/c2csc(C)n2)cc1. The minimum Gasteiger partial charge on any atom is -0.462 e. The van der Waals surface area contributed by atoms with Crippen molar-refractivity contribution in [3.63, 3.8) is 0 Å². The van der Waals surface area contributed by atoms with Crippen molar-refractivity contribution in [2.45, 2.75) is 26.7 Å². The summed E-state index contributed by atoms with van der Waals surface area (Å²) in [4.78, 5) is 27.9. The molecule has 1 N–H and O–H groups in total. The minimum atomic E-state index is -0.347. The van der Waals surface area contributed by atoms with Gasteiger partial charge in [0, 0.05) is 17.1 Å². The van der Waals surface area contributed by atoms with Crippen LogP contribution in [0.5, 0.6) is 0 Å². The maximum Gasteiger partial charge on any atom is 0.338 e. The molecule has 1 aromatic carbocycles. The van der Waals surface area contributed by atoms with E-state index in [9.17, 15) is 9.59 Å². The quantitative estimate of drug-likeness (QED) is 0.467. The number of unbranched alkanes of at least 4 members (excludes halogenated alkanes) is 1. The number of carbonyl (C=O) groups excluding carboxylic acids is 2. The lowest BCUT2D eigenvalue weighted by Crippen LogP contribution is -2.09. The Morgan fingerprint density at radius 3 is 2.67 bits per heavy atom. The molecule has 126 valence electrons. The molecule has 0 atom stereocenters. The fourth-order valence-corrected chi connectivity index (χ4v) is 2.46. The number of thiazole rings is 1. The molecule has 0 spiro atoms. The molecular formula is C18H20N2O3S. The Labute approximate surface area is 145 Å². The van der Waals surface area contributed by atoms with Crippen molar-refractivity contribution in [3.05, 3.63) is 52.0 Å². The van der Waals surface area contributed by atoms with E-state index in [2.05, 4.69) is 10.3 Å². The van der Waals surface area contributed by atoms with Gasteiger partial charge in [-0.2, -0.15) is 0 Å². The lowest BCUT2D eigenvalue weighted by atomic mass is 10.2. The molecular weight excluding hydrogens is 324 g/mol. The molecule has 0 aliphatic rings. The van der Waals surface area contributed by atoms with Crippen LogP contribution in [0.3, 0.4) is 0 Å². The van der Waals surface area contributed by atoms with Gasteiger partial charge >= 0.3 is 5.97 Å². The molecule has 1 amide bonds. The molecule has 1 aromatic heterocycles. The Morgan fingerprint density at radius 2 is 2.04 bits per heavy atom. The third-order valence-corrected chi connectivity index (χ3v) is 3.95. The average Bonchev–Trinajstić information content (AvgIpc) is 2.99. The molecule has 0 bridgehead atoms. The van der Waals surface area contributed by atoms with E-state index in [1.54, 1.807) is 30.3 Å². The molecule has 0 aliphatic heterocycles. The molecule has 0 saturated heterocycles. The van der Waals surface area contributed by atoms with E-state index >= 15 is 0 Å². The van der Waals surface area contributed by atoms with Gasteiger partial charge in [0.1, 0.15) is 0 Å². The molecule has 2 rings (SSSR count). The predicted octanol–water partition coefficient (Wildman–Crippen LogP) is 4.06. The first kappa shape index (κ1) is 17.9. The van der Waals surface area contributed by atoms with Gasteiger partial charge < -0.3 is 10.1 Å². The number of aryl methyl sites for hydroxylation is 1. The smallest absolute Gasteiger partial charge is 0.338 e. The Bertz CT molecular complexity index is 720. The normalized spacial score (nSPS) is 10.8. The maximum absolute atomic E-state index is 11.9. The van der Waals surface area contributed by atoms with Crippen molar-refractivity contribution in [2.24, 2.45) is 0 Å². The third kappa shape index (κ3) is 5.62. The summed E-state index contributed by atoms with van der Waals surface area (Å²) in [5, 5.41) is 5.58. The molecule has 0 unspecified atom stereocenters. The fourth-order valence-electron chi connectivity index (χ4n) is 1.88. The highest BCUT2D eigenvalue weighted by atomic mass is 32.1. The first-order valence-corrected chi connectivity index (χ1v) is 8.65. The van der Waals surface area contributed by atoms with Gasteiger partial charge in [0.25, 0.3) is 0 Å². The highest BCUT2D eigenvalue weighted by Crippen LogP contribution is 2.12. The summed E-state index contributed by atoms with van der Waals surface area (Å²) in [6.45, 7) is 4.38. The van der Waals surface area contributed by atoms with E-state index in [0.29, 0.717) is 17.9 Å². The number of amides is 1. The van der Waals surface area contributed by atoms with E-state index in [1.165, 1.54) is 17.4 Å². The molecule has 24 heavy (non-hydrogen) atoms. The second-order valence-corrected chi connectivity index (χ2v) is 6.24. The van der Waals surface area contributed by atoms with E-state index in [1.807, 2.05) is 19.2 Å². The van der Waals surface area contributed by atoms with Crippen molar-refractivity contribution in [1.29, 1.82) is 0 Å². The van der Waals surface area contributed by atoms with E-state index in [0.717, 1.165) is 23.5 Å². The zero-order valence-electron chi connectivity index (χ0n) is 13.7. The molecule has 0 saturated carbocycles. The first-order valence-electron chi connectivity index (χ1n) is 7.77. The third-order valence-electron chi connectivity index (χ3n) is 3.16. The Kier molecular flexibility index (Phi) is 6.69. The van der Waals surface area contributed by atoms with Crippen LogP contribution in [0.2, 0.25) is 0 Å².